The highest BCUT2D eigenvalue weighted by Gasteiger charge is 2.21. The summed E-state index contributed by atoms with van der Waals surface area (Å²) in [7, 11) is 0. The first-order chi connectivity index (χ1) is 9.08. The second kappa shape index (κ2) is 6.18. The van der Waals surface area contributed by atoms with Gasteiger partial charge in [-0.3, -0.25) is 4.79 Å². The maximum atomic E-state index is 13.8. The summed E-state index contributed by atoms with van der Waals surface area (Å²) in [5.41, 5.74) is 0.337. The fourth-order valence-corrected chi connectivity index (χ4v) is 2.85. The van der Waals surface area contributed by atoms with E-state index in [-0.39, 0.29) is 11.5 Å². The normalized spacial score (nSPS) is 23.1. The lowest BCUT2D eigenvalue weighted by atomic mass is 9.83. The maximum absolute atomic E-state index is 13.8. The molecule has 0 amide bonds. The van der Waals surface area contributed by atoms with Crippen LogP contribution in [0.4, 0.5) is 4.39 Å². The molecule has 0 heterocycles. The van der Waals surface area contributed by atoms with Crippen molar-refractivity contribution < 1.29 is 13.9 Å². The highest BCUT2D eigenvalue weighted by molar-refractivity contribution is 5.96. The van der Waals surface area contributed by atoms with Gasteiger partial charge in [-0.05, 0) is 43.7 Å². The lowest BCUT2D eigenvalue weighted by molar-refractivity contribution is 0.100. The zero-order valence-corrected chi connectivity index (χ0v) is 11.6. The third-order valence-electron chi connectivity index (χ3n) is 3.85. The molecule has 2 atom stereocenters. The number of hydrogen-bond donors (Lipinski definition) is 0. The Hall–Kier alpha value is -1.38. The van der Waals surface area contributed by atoms with E-state index in [0.29, 0.717) is 18.1 Å². The van der Waals surface area contributed by atoms with Gasteiger partial charge in [0.25, 0.3) is 0 Å². The molecule has 0 saturated heterocycles. The number of ether oxygens (including phenoxy) is 1. The van der Waals surface area contributed by atoms with Crippen molar-refractivity contribution >= 4 is 5.78 Å². The van der Waals surface area contributed by atoms with Gasteiger partial charge in [-0.1, -0.05) is 25.8 Å². The summed E-state index contributed by atoms with van der Waals surface area (Å²) in [6.07, 6.45) is 4.75. The Bertz CT molecular complexity index is 456. The van der Waals surface area contributed by atoms with Gasteiger partial charge in [0.05, 0.1) is 12.2 Å². The van der Waals surface area contributed by atoms with Crippen LogP contribution in [-0.4, -0.2) is 12.4 Å². The van der Waals surface area contributed by atoms with Crippen LogP contribution < -0.4 is 4.74 Å². The van der Waals surface area contributed by atoms with E-state index >= 15 is 0 Å². The molecule has 1 aliphatic rings. The average Bonchev–Trinajstić information content (AvgIpc) is 2.37. The molecule has 0 N–H and O–H groups in total. The van der Waals surface area contributed by atoms with Crippen molar-refractivity contribution in [3.8, 4) is 5.75 Å². The molecule has 3 heteroatoms. The van der Waals surface area contributed by atoms with E-state index in [9.17, 15) is 9.18 Å². The van der Waals surface area contributed by atoms with Gasteiger partial charge >= 0.3 is 0 Å². The van der Waals surface area contributed by atoms with Crippen molar-refractivity contribution in [3.05, 3.63) is 29.6 Å². The predicted molar refractivity (Wildman–Crippen MR) is 73.0 cm³/mol. The van der Waals surface area contributed by atoms with Crippen molar-refractivity contribution in [1.29, 1.82) is 0 Å². The third-order valence-corrected chi connectivity index (χ3v) is 3.85. The Morgan fingerprint density at radius 1 is 1.42 bits per heavy atom. The van der Waals surface area contributed by atoms with E-state index in [4.69, 9.17) is 4.74 Å². The van der Waals surface area contributed by atoms with Crippen LogP contribution in [0, 0.1) is 17.7 Å². The molecule has 0 aliphatic heterocycles. The Morgan fingerprint density at radius 2 is 2.21 bits per heavy atom. The van der Waals surface area contributed by atoms with Gasteiger partial charge in [0, 0.05) is 0 Å². The number of ketones is 1. The SMILES string of the molecule is CC(=O)c1cccc(F)c1OCC1CCCC(C)C1. The average molecular weight is 264 g/mol. The number of carbonyl (C=O) groups excluding carboxylic acids is 1. The Labute approximate surface area is 114 Å². The second-order valence-corrected chi connectivity index (χ2v) is 5.62. The molecule has 0 aromatic heterocycles. The van der Waals surface area contributed by atoms with Crippen LogP contribution in [0.15, 0.2) is 18.2 Å². The molecular weight excluding hydrogens is 243 g/mol. The summed E-state index contributed by atoms with van der Waals surface area (Å²) >= 11 is 0. The van der Waals surface area contributed by atoms with E-state index < -0.39 is 5.82 Å². The van der Waals surface area contributed by atoms with Crippen molar-refractivity contribution in [1.82, 2.24) is 0 Å². The molecule has 1 saturated carbocycles. The highest BCUT2D eigenvalue weighted by atomic mass is 19.1. The smallest absolute Gasteiger partial charge is 0.165 e. The fourth-order valence-electron chi connectivity index (χ4n) is 2.85. The first kappa shape index (κ1) is 14.0. The zero-order valence-electron chi connectivity index (χ0n) is 11.6. The molecule has 0 radical (unpaired) electrons. The molecule has 1 aliphatic carbocycles. The first-order valence-electron chi connectivity index (χ1n) is 7.00. The van der Waals surface area contributed by atoms with Gasteiger partial charge in [-0.25, -0.2) is 4.39 Å². The largest absolute Gasteiger partial charge is 0.489 e. The minimum absolute atomic E-state index is 0.119. The molecule has 104 valence electrons. The van der Waals surface area contributed by atoms with Gasteiger partial charge in [0.15, 0.2) is 17.3 Å². The summed E-state index contributed by atoms with van der Waals surface area (Å²) < 4.78 is 19.4. The summed E-state index contributed by atoms with van der Waals surface area (Å²) in [6, 6.07) is 4.50. The molecule has 0 spiro atoms. The third kappa shape index (κ3) is 3.55. The molecule has 0 bridgehead atoms. The van der Waals surface area contributed by atoms with Gasteiger partial charge in [-0.2, -0.15) is 0 Å². The van der Waals surface area contributed by atoms with Crippen molar-refractivity contribution in [2.75, 3.05) is 6.61 Å². The van der Waals surface area contributed by atoms with E-state index in [2.05, 4.69) is 6.92 Å². The van der Waals surface area contributed by atoms with E-state index in [1.807, 2.05) is 0 Å². The summed E-state index contributed by atoms with van der Waals surface area (Å²) in [6.45, 7) is 4.19. The van der Waals surface area contributed by atoms with Gasteiger partial charge in [0.2, 0.25) is 0 Å². The molecule has 2 unspecified atom stereocenters. The summed E-state index contributed by atoms with van der Waals surface area (Å²) in [5, 5.41) is 0. The number of para-hydroxylation sites is 1. The maximum Gasteiger partial charge on any atom is 0.165 e. The van der Waals surface area contributed by atoms with Crippen molar-refractivity contribution in [2.45, 2.75) is 39.5 Å². The minimum Gasteiger partial charge on any atom is -0.489 e. The second-order valence-electron chi connectivity index (χ2n) is 5.62. The topological polar surface area (TPSA) is 26.3 Å². The monoisotopic (exact) mass is 264 g/mol. The van der Waals surface area contributed by atoms with Crippen molar-refractivity contribution in [3.63, 3.8) is 0 Å². The van der Waals surface area contributed by atoms with Gasteiger partial charge in [-0.15, -0.1) is 0 Å². The first-order valence-corrected chi connectivity index (χ1v) is 7.00. The number of halogens is 1. The quantitative estimate of drug-likeness (QED) is 0.760. The van der Waals surface area contributed by atoms with Crippen LogP contribution in [0.2, 0.25) is 0 Å². The number of rotatable bonds is 4. The molecular formula is C16H21FO2. The summed E-state index contributed by atoms with van der Waals surface area (Å²) in [5.74, 6) is 0.703. The molecule has 1 aromatic carbocycles. The highest BCUT2D eigenvalue weighted by Crippen LogP contribution is 2.30. The lowest BCUT2D eigenvalue weighted by Crippen LogP contribution is -2.20. The van der Waals surface area contributed by atoms with Crippen LogP contribution in [-0.2, 0) is 0 Å². The molecule has 2 nitrogen and oxygen atoms in total. The van der Waals surface area contributed by atoms with Crippen LogP contribution in [0.3, 0.4) is 0 Å². The molecule has 2 rings (SSSR count). The van der Waals surface area contributed by atoms with Crippen LogP contribution in [0.5, 0.6) is 5.75 Å². The van der Waals surface area contributed by atoms with E-state index in [1.54, 1.807) is 12.1 Å². The molecule has 1 fully saturated rings. The standard InChI is InChI=1S/C16H21FO2/c1-11-5-3-6-13(9-11)10-19-16-14(12(2)18)7-4-8-15(16)17/h4,7-8,11,13H,3,5-6,9-10H2,1-2H3. The molecule has 19 heavy (non-hydrogen) atoms. The fraction of sp³-hybridized carbons (Fsp3) is 0.562. The van der Waals surface area contributed by atoms with E-state index in [0.717, 1.165) is 18.8 Å². The number of carbonyl (C=O) groups is 1. The Kier molecular flexibility index (Phi) is 4.56. The Morgan fingerprint density at radius 3 is 2.89 bits per heavy atom. The minimum atomic E-state index is -0.448. The zero-order chi connectivity index (χ0) is 13.8. The van der Waals surface area contributed by atoms with Gasteiger partial charge < -0.3 is 4.74 Å². The summed E-state index contributed by atoms with van der Waals surface area (Å²) in [4.78, 5) is 11.5. The number of Topliss-reactive ketones (excluding diaryl/α,β-unsaturated/α-hetero) is 1. The number of benzene rings is 1. The van der Waals surface area contributed by atoms with Crippen LogP contribution in [0.1, 0.15) is 49.9 Å². The predicted octanol–water partition coefficient (Wildman–Crippen LogP) is 4.23. The van der Waals surface area contributed by atoms with Crippen LogP contribution >= 0.6 is 0 Å². The van der Waals surface area contributed by atoms with E-state index in [1.165, 1.54) is 25.8 Å². The Balaban J connectivity index is 2.04. The number of hydrogen-bond acceptors (Lipinski definition) is 2. The molecule has 1 aromatic rings. The van der Waals surface area contributed by atoms with Gasteiger partial charge in [0.1, 0.15) is 0 Å². The van der Waals surface area contributed by atoms with Crippen molar-refractivity contribution in [2.24, 2.45) is 11.8 Å². The van der Waals surface area contributed by atoms with Crippen LogP contribution in [0.25, 0.3) is 0 Å². The lowest BCUT2D eigenvalue weighted by Gasteiger charge is -2.26.